The van der Waals surface area contributed by atoms with Crippen molar-refractivity contribution >= 4 is 35.3 Å². The van der Waals surface area contributed by atoms with Gasteiger partial charge in [0.1, 0.15) is 24.5 Å². The average molecular weight is 539 g/mol. The van der Waals surface area contributed by atoms with E-state index in [1.54, 1.807) is 19.2 Å². The number of benzene rings is 1. The first-order valence-corrected chi connectivity index (χ1v) is 13.1. The van der Waals surface area contributed by atoms with Gasteiger partial charge in [0.15, 0.2) is 0 Å². The number of carbonyl (C=O) groups excluding carboxylic acids is 4. The molecule has 3 heterocycles. The number of carbonyl (C=O) groups is 5. The standard InChI is InChI=1S/C27H34N6O6/c1-4-15(2)23(32(3)21(34)13-22(35)36)26(38)30-19-9-8-16-6-5-7-17-12-20(33(24(16)17)27(19)39)25(37)28-14-18-10-11-29-31-18/h5-7,10-11,15,19-20,23H,4,8-9,12-14H2,1-3H3,(H,28,37)(H,29,31)(H,30,38)(H,35,36)/t15-,19?,20?,23-/m0/s1. The van der Waals surface area contributed by atoms with Gasteiger partial charge in [-0.25, -0.2) is 0 Å². The number of para-hydroxylation sites is 1. The Hall–Kier alpha value is -4.22. The van der Waals surface area contributed by atoms with E-state index < -0.39 is 48.2 Å². The van der Waals surface area contributed by atoms with E-state index in [0.29, 0.717) is 31.4 Å². The number of aliphatic carboxylic acids is 1. The first kappa shape index (κ1) is 27.8. The minimum Gasteiger partial charge on any atom is -0.481 e. The van der Waals surface area contributed by atoms with Crippen LogP contribution in [0.25, 0.3) is 0 Å². The second-order valence-corrected chi connectivity index (χ2v) is 10.2. The van der Waals surface area contributed by atoms with Crippen LogP contribution < -0.4 is 15.5 Å². The minimum absolute atomic E-state index is 0.230. The van der Waals surface area contributed by atoms with Crippen molar-refractivity contribution in [3.63, 3.8) is 0 Å². The van der Waals surface area contributed by atoms with Gasteiger partial charge in [0.2, 0.25) is 23.6 Å². The number of nitrogens with zero attached hydrogens (tertiary/aromatic N) is 3. The lowest BCUT2D eigenvalue weighted by Gasteiger charge is -2.33. The molecule has 0 radical (unpaired) electrons. The number of anilines is 1. The largest absolute Gasteiger partial charge is 0.481 e. The van der Waals surface area contributed by atoms with Crippen molar-refractivity contribution < 1.29 is 29.1 Å². The summed E-state index contributed by atoms with van der Waals surface area (Å²) in [7, 11) is 1.40. The lowest BCUT2D eigenvalue weighted by atomic mass is 9.95. The van der Waals surface area contributed by atoms with E-state index in [1.807, 2.05) is 25.1 Å². The molecular formula is C27H34N6O6. The third kappa shape index (κ3) is 5.79. The molecule has 4 amide bonds. The van der Waals surface area contributed by atoms with Crippen LogP contribution in [0.15, 0.2) is 30.5 Å². The SMILES string of the molecule is CC[C@H](C)[C@@H](C(=O)NC1CCc2cccc3c2N(C1=O)C(C(=O)NCc1ccn[nH]1)C3)N(C)C(=O)CC(=O)O. The normalized spacial score (nSPS) is 19.5. The quantitative estimate of drug-likeness (QED) is 0.324. The second kappa shape index (κ2) is 11.7. The van der Waals surface area contributed by atoms with Crippen molar-refractivity contribution in [1.82, 2.24) is 25.7 Å². The second-order valence-electron chi connectivity index (χ2n) is 10.2. The maximum absolute atomic E-state index is 13.9. The van der Waals surface area contributed by atoms with E-state index in [0.717, 1.165) is 21.7 Å². The highest BCUT2D eigenvalue weighted by Gasteiger charge is 2.44. The number of hydrogen-bond donors (Lipinski definition) is 4. The van der Waals surface area contributed by atoms with E-state index in [2.05, 4.69) is 20.8 Å². The van der Waals surface area contributed by atoms with E-state index in [-0.39, 0.29) is 18.4 Å². The predicted octanol–water partition coefficient (Wildman–Crippen LogP) is 0.763. The number of aryl methyl sites for hydroxylation is 1. The topological polar surface area (TPSA) is 165 Å². The smallest absolute Gasteiger partial charge is 0.312 e. The Labute approximate surface area is 226 Å². The van der Waals surface area contributed by atoms with Crippen LogP contribution in [-0.4, -0.2) is 75.0 Å². The maximum Gasteiger partial charge on any atom is 0.312 e. The highest BCUT2D eigenvalue weighted by molar-refractivity contribution is 6.08. The summed E-state index contributed by atoms with van der Waals surface area (Å²) in [5, 5.41) is 21.4. The lowest BCUT2D eigenvalue weighted by Crippen LogP contribution is -2.58. The van der Waals surface area contributed by atoms with Crippen molar-refractivity contribution in [3.05, 3.63) is 47.3 Å². The number of aromatic nitrogens is 2. The Balaban J connectivity index is 1.56. The molecular weight excluding hydrogens is 504 g/mol. The molecule has 0 spiro atoms. The number of nitrogens with one attached hydrogen (secondary N) is 3. The van der Waals surface area contributed by atoms with Gasteiger partial charge in [0.05, 0.1) is 17.9 Å². The molecule has 0 saturated heterocycles. The molecule has 0 aliphatic carbocycles. The van der Waals surface area contributed by atoms with E-state index in [1.165, 1.54) is 11.9 Å². The molecule has 12 heteroatoms. The van der Waals surface area contributed by atoms with Crippen molar-refractivity contribution in [1.29, 1.82) is 0 Å². The van der Waals surface area contributed by atoms with Crippen molar-refractivity contribution in [2.45, 2.75) is 70.6 Å². The fourth-order valence-electron chi connectivity index (χ4n) is 5.36. The lowest BCUT2D eigenvalue weighted by molar-refractivity contribution is -0.148. The van der Waals surface area contributed by atoms with Gasteiger partial charge in [-0.3, -0.25) is 34.0 Å². The minimum atomic E-state index is -1.28. The summed E-state index contributed by atoms with van der Waals surface area (Å²) in [4.78, 5) is 66.9. The number of amides is 4. The number of aromatic amines is 1. The van der Waals surface area contributed by atoms with Crippen LogP contribution in [0.5, 0.6) is 0 Å². The summed E-state index contributed by atoms with van der Waals surface area (Å²) >= 11 is 0. The Morgan fingerprint density at radius 3 is 2.64 bits per heavy atom. The van der Waals surface area contributed by atoms with Crippen molar-refractivity contribution in [2.24, 2.45) is 5.92 Å². The number of H-pyrrole nitrogens is 1. The zero-order valence-electron chi connectivity index (χ0n) is 22.3. The number of hydrogen-bond acceptors (Lipinski definition) is 6. The molecule has 1 aromatic carbocycles. The molecule has 2 aromatic rings. The summed E-state index contributed by atoms with van der Waals surface area (Å²) < 4.78 is 0. The van der Waals surface area contributed by atoms with Crippen LogP contribution in [0.3, 0.4) is 0 Å². The molecule has 4 atom stereocenters. The van der Waals surface area contributed by atoms with Gasteiger partial charge in [-0.05, 0) is 36.0 Å². The molecule has 12 nitrogen and oxygen atoms in total. The van der Waals surface area contributed by atoms with Crippen LogP contribution in [0.4, 0.5) is 5.69 Å². The molecule has 2 unspecified atom stereocenters. The van der Waals surface area contributed by atoms with Gasteiger partial charge >= 0.3 is 5.97 Å². The third-order valence-corrected chi connectivity index (χ3v) is 7.60. The molecule has 2 aliphatic heterocycles. The number of carboxylic acid groups (broad SMARTS) is 1. The van der Waals surface area contributed by atoms with E-state index in [9.17, 15) is 24.0 Å². The summed E-state index contributed by atoms with van der Waals surface area (Å²) in [6, 6.07) is 4.82. The molecule has 39 heavy (non-hydrogen) atoms. The number of carboxylic acids is 1. The van der Waals surface area contributed by atoms with Crippen LogP contribution >= 0.6 is 0 Å². The first-order chi connectivity index (χ1) is 18.6. The molecule has 4 N–H and O–H groups in total. The fourth-order valence-corrected chi connectivity index (χ4v) is 5.36. The van der Waals surface area contributed by atoms with Gasteiger partial charge in [-0.2, -0.15) is 5.10 Å². The Bertz CT molecular complexity index is 1260. The van der Waals surface area contributed by atoms with Crippen LogP contribution in [-0.2, 0) is 43.4 Å². The highest BCUT2D eigenvalue weighted by atomic mass is 16.4. The summed E-state index contributed by atoms with van der Waals surface area (Å²) in [5.74, 6) is -3.51. The van der Waals surface area contributed by atoms with Gasteiger partial charge in [-0.1, -0.05) is 38.5 Å². The van der Waals surface area contributed by atoms with Crippen LogP contribution in [0.1, 0.15) is 49.9 Å². The molecule has 2 aliphatic rings. The molecule has 1 aromatic heterocycles. The molecule has 0 saturated carbocycles. The van der Waals surface area contributed by atoms with E-state index in [4.69, 9.17) is 5.11 Å². The highest BCUT2D eigenvalue weighted by Crippen LogP contribution is 2.39. The van der Waals surface area contributed by atoms with Gasteiger partial charge < -0.3 is 20.6 Å². The monoisotopic (exact) mass is 538 g/mol. The number of likely N-dealkylation sites (N-methyl/N-ethyl adjacent to an activating group) is 1. The van der Waals surface area contributed by atoms with E-state index >= 15 is 0 Å². The molecule has 0 fully saturated rings. The van der Waals surface area contributed by atoms with Gasteiger partial charge in [-0.15, -0.1) is 0 Å². The summed E-state index contributed by atoms with van der Waals surface area (Å²) in [5.41, 5.74) is 3.26. The summed E-state index contributed by atoms with van der Waals surface area (Å²) in [6.45, 7) is 3.90. The summed E-state index contributed by atoms with van der Waals surface area (Å²) in [6.07, 6.45) is 2.60. The molecule has 0 bridgehead atoms. The maximum atomic E-state index is 13.9. The third-order valence-electron chi connectivity index (χ3n) is 7.60. The average Bonchev–Trinajstić information content (AvgIpc) is 3.54. The number of rotatable bonds is 10. The Morgan fingerprint density at radius 2 is 1.97 bits per heavy atom. The van der Waals surface area contributed by atoms with Crippen LogP contribution in [0, 0.1) is 5.92 Å². The predicted molar refractivity (Wildman–Crippen MR) is 140 cm³/mol. The van der Waals surface area contributed by atoms with Crippen molar-refractivity contribution in [2.75, 3.05) is 11.9 Å². The fraction of sp³-hybridized carbons (Fsp3) is 0.481. The van der Waals surface area contributed by atoms with Crippen molar-refractivity contribution in [3.8, 4) is 0 Å². The first-order valence-electron chi connectivity index (χ1n) is 13.1. The Kier molecular flexibility index (Phi) is 8.32. The Morgan fingerprint density at radius 1 is 1.23 bits per heavy atom. The molecule has 208 valence electrons. The zero-order valence-corrected chi connectivity index (χ0v) is 22.3. The molecule has 4 rings (SSSR count). The van der Waals surface area contributed by atoms with Gasteiger partial charge in [0.25, 0.3) is 0 Å². The zero-order chi connectivity index (χ0) is 28.3. The van der Waals surface area contributed by atoms with Gasteiger partial charge in [0, 0.05) is 19.7 Å². The van der Waals surface area contributed by atoms with Crippen LogP contribution in [0.2, 0.25) is 0 Å².